The van der Waals surface area contributed by atoms with Gasteiger partial charge >= 0.3 is 0 Å². The first kappa shape index (κ1) is 18.4. The number of carbonyl (C=O) groups excluding carboxylic acids is 2. The second kappa shape index (κ2) is 9.38. The van der Waals surface area contributed by atoms with Crippen molar-refractivity contribution in [3.63, 3.8) is 0 Å². The monoisotopic (exact) mass is 329 g/mol. The zero-order valence-electron chi connectivity index (χ0n) is 12.2. The highest BCUT2D eigenvalue weighted by molar-refractivity contribution is 5.94. The Labute approximate surface area is 135 Å². The van der Waals surface area contributed by atoms with Crippen molar-refractivity contribution in [1.82, 2.24) is 16.0 Å². The highest BCUT2D eigenvalue weighted by Gasteiger charge is 2.21. The molecular weight excluding hydrogens is 309 g/mol. The van der Waals surface area contributed by atoms with Gasteiger partial charge in [0.2, 0.25) is 5.91 Å². The zero-order chi connectivity index (χ0) is 15.1. The molecule has 1 heterocycles. The SMILES string of the molecule is Cl.O=C(NCCCNC(=O)C1CCNC1)c1cccc(F)c1. The topological polar surface area (TPSA) is 70.2 Å². The normalized spacial score (nSPS) is 16.7. The second-order valence-electron chi connectivity index (χ2n) is 5.10. The maximum Gasteiger partial charge on any atom is 0.251 e. The Hall–Kier alpha value is -1.66. The van der Waals surface area contributed by atoms with Crippen molar-refractivity contribution in [3.05, 3.63) is 35.6 Å². The smallest absolute Gasteiger partial charge is 0.251 e. The fourth-order valence-electron chi connectivity index (χ4n) is 2.26. The van der Waals surface area contributed by atoms with Gasteiger partial charge in [-0.15, -0.1) is 12.4 Å². The van der Waals surface area contributed by atoms with Crippen molar-refractivity contribution < 1.29 is 14.0 Å². The molecule has 1 unspecified atom stereocenters. The average molecular weight is 330 g/mol. The molecule has 1 fully saturated rings. The van der Waals surface area contributed by atoms with Gasteiger partial charge in [0.1, 0.15) is 5.82 Å². The quantitative estimate of drug-likeness (QED) is 0.684. The lowest BCUT2D eigenvalue weighted by Gasteiger charge is -2.10. The third kappa shape index (κ3) is 5.61. The lowest BCUT2D eigenvalue weighted by Crippen LogP contribution is -2.34. The standard InChI is InChI=1S/C15H20FN3O2.ClH/c16-13-4-1-3-11(9-13)14(20)18-6-2-7-19-15(21)12-5-8-17-10-12;/h1,3-4,9,12,17H,2,5-8,10H2,(H,18,20)(H,19,21);1H. The van der Waals surface area contributed by atoms with Crippen LogP contribution in [0.25, 0.3) is 0 Å². The lowest BCUT2D eigenvalue weighted by atomic mass is 10.1. The van der Waals surface area contributed by atoms with E-state index in [1.54, 1.807) is 6.07 Å². The van der Waals surface area contributed by atoms with Gasteiger partial charge < -0.3 is 16.0 Å². The van der Waals surface area contributed by atoms with E-state index in [-0.39, 0.29) is 30.1 Å². The van der Waals surface area contributed by atoms with Gasteiger partial charge in [-0.1, -0.05) is 6.07 Å². The zero-order valence-corrected chi connectivity index (χ0v) is 13.0. The van der Waals surface area contributed by atoms with Gasteiger partial charge in [-0.2, -0.15) is 0 Å². The summed E-state index contributed by atoms with van der Waals surface area (Å²) in [6, 6.07) is 5.56. The Morgan fingerprint density at radius 2 is 2.05 bits per heavy atom. The maximum absolute atomic E-state index is 13.0. The van der Waals surface area contributed by atoms with Crippen molar-refractivity contribution in [2.45, 2.75) is 12.8 Å². The van der Waals surface area contributed by atoms with Crippen molar-refractivity contribution >= 4 is 24.2 Å². The molecule has 2 rings (SSSR count). The molecule has 1 aliphatic rings. The fraction of sp³-hybridized carbons (Fsp3) is 0.467. The molecule has 22 heavy (non-hydrogen) atoms. The molecule has 1 aromatic carbocycles. The Morgan fingerprint density at radius 3 is 2.73 bits per heavy atom. The van der Waals surface area contributed by atoms with Crippen LogP contribution in [0, 0.1) is 11.7 Å². The minimum Gasteiger partial charge on any atom is -0.356 e. The highest BCUT2D eigenvalue weighted by Crippen LogP contribution is 2.06. The molecular formula is C15H21ClFN3O2. The van der Waals surface area contributed by atoms with E-state index in [9.17, 15) is 14.0 Å². The summed E-state index contributed by atoms with van der Waals surface area (Å²) in [5.74, 6) is -0.607. The Morgan fingerprint density at radius 1 is 1.27 bits per heavy atom. The van der Waals surface area contributed by atoms with Crippen molar-refractivity contribution in [2.24, 2.45) is 5.92 Å². The van der Waals surface area contributed by atoms with E-state index in [2.05, 4.69) is 16.0 Å². The Balaban J connectivity index is 0.00000242. The van der Waals surface area contributed by atoms with Crippen LogP contribution in [-0.4, -0.2) is 38.0 Å². The third-order valence-electron chi connectivity index (χ3n) is 3.46. The van der Waals surface area contributed by atoms with Crippen LogP contribution < -0.4 is 16.0 Å². The van der Waals surface area contributed by atoms with Crippen LogP contribution >= 0.6 is 12.4 Å². The van der Waals surface area contributed by atoms with Crippen LogP contribution in [0.1, 0.15) is 23.2 Å². The van der Waals surface area contributed by atoms with Crippen LogP contribution in [-0.2, 0) is 4.79 Å². The summed E-state index contributed by atoms with van der Waals surface area (Å²) < 4.78 is 13.0. The molecule has 7 heteroatoms. The molecule has 1 aliphatic heterocycles. The second-order valence-corrected chi connectivity index (χ2v) is 5.10. The van der Waals surface area contributed by atoms with E-state index < -0.39 is 5.82 Å². The number of halogens is 2. The Kier molecular flexibility index (Phi) is 7.84. The highest BCUT2D eigenvalue weighted by atomic mass is 35.5. The van der Waals surface area contributed by atoms with Gasteiger partial charge in [0.15, 0.2) is 0 Å². The molecule has 0 aromatic heterocycles. The van der Waals surface area contributed by atoms with E-state index in [0.717, 1.165) is 19.5 Å². The number of carbonyl (C=O) groups is 2. The maximum atomic E-state index is 13.0. The molecule has 0 aliphatic carbocycles. The minimum absolute atomic E-state index is 0. The summed E-state index contributed by atoms with van der Waals surface area (Å²) in [4.78, 5) is 23.5. The first-order chi connectivity index (χ1) is 10.2. The summed E-state index contributed by atoms with van der Waals surface area (Å²) in [6.07, 6.45) is 1.52. The van der Waals surface area contributed by atoms with Gasteiger partial charge in [0, 0.05) is 25.2 Å². The van der Waals surface area contributed by atoms with E-state index in [1.165, 1.54) is 18.2 Å². The third-order valence-corrected chi connectivity index (χ3v) is 3.46. The van der Waals surface area contributed by atoms with Crippen LogP contribution in [0.3, 0.4) is 0 Å². The van der Waals surface area contributed by atoms with Crippen molar-refractivity contribution in [1.29, 1.82) is 0 Å². The number of amides is 2. The summed E-state index contributed by atoms with van der Waals surface area (Å²) >= 11 is 0. The van der Waals surface area contributed by atoms with Gasteiger partial charge in [-0.25, -0.2) is 4.39 Å². The van der Waals surface area contributed by atoms with E-state index in [4.69, 9.17) is 0 Å². The molecule has 1 atom stereocenters. The molecule has 122 valence electrons. The minimum atomic E-state index is -0.430. The van der Waals surface area contributed by atoms with Crippen LogP contribution in [0.2, 0.25) is 0 Å². The van der Waals surface area contributed by atoms with Crippen molar-refractivity contribution in [3.8, 4) is 0 Å². The molecule has 5 nitrogen and oxygen atoms in total. The lowest BCUT2D eigenvalue weighted by molar-refractivity contribution is -0.124. The number of nitrogens with one attached hydrogen (secondary N) is 3. The first-order valence-corrected chi connectivity index (χ1v) is 7.19. The summed E-state index contributed by atoms with van der Waals surface area (Å²) in [7, 11) is 0. The summed E-state index contributed by atoms with van der Waals surface area (Å²) in [5.41, 5.74) is 0.302. The van der Waals surface area contributed by atoms with Crippen LogP contribution in [0.15, 0.2) is 24.3 Å². The molecule has 1 saturated heterocycles. The molecule has 0 radical (unpaired) electrons. The molecule has 2 amide bonds. The van der Waals surface area contributed by atoms with Gasteiger partial charge in [-0.3, -0.25) is 9.59 Å². The average Bonchev–Trinajstić information content (AvgIpc) is 3.00. The van der Waals surface area contributed by atoms with Crippen molar-refractivity contribution in [2.75, 3.05) is 26.2 Å². The number of hydrogen-bond donors (Lipinski definition) is 3. The molecule has 0 saturated carbocycles. The molecule has 0 spiro atoms. The largest absolute Gasteiger partial charge is 0.356 e. The van der Waals surface area contributed by atoms with Gasteiger partial charge in [0.25, 0.3) is 5.91 Å². The predicted molar refractivity (Wildman–Crippen MR) is 84.6 cm³/mol. The van der Waals surface area contributed by atoms with Crippen LogP contribution in [0.4, 0.5) is 4.39 Å². The fourth-order valence-corrected chi connectivity index (χ4v) is 2.26. The summed E-state index contributed by atoms with van der Waals surface area (Å²) in [5, 5.41) is 8.70. The Bertz CT molecular complexity index is 507. The number of rotatable bonds is 6. The molecule has 3 N–H and O–H groups in total. The van der Waals surface area contributed by atoms with Gasteiger partial charge in [0.05, 0.1) is 5.92 Å². The van der Waals surface area contributed by atoms with E-state index in [1.807, 2.05) is 0 Å². The molecule has 0 bridgehead atoms. The number of benzene rings is 1. The van der Waals surface area contributed by atoms with Crippen LogP contribution in [0.5, 0.6) is 0 Å². The summed E-state index contributed by atoms with van der Waals surface area (Å²) in [6.45, 7) is 2.60. The predicted octanol–water partition coefficient (Wildman–Crippen LogP) is 1.09. The number of hydrogen-bond acceptors (Lipinski definition) is 3. The van der Waals surface area contributed by atoms with Gasteiger partial charge in [-0.05, 0) is 37.6 Å². The first-order valence-electron chi connectivity index (χ1n) is 7.19. The van der Waals surface area contributed by atoms with E-state index >= 15 is 0 Å². The van der Waals surface area contributed by atoms with E-state index in [0.29, 0.717) is 25.1 Å². The molecule has 1 aromatic rings.